The molecule has 0 saturated carbocycles. The highest BCUT2D eigenvalue weighted by atomic mass is 16.5. The molecule has 2 heterocycles. The Labute approximate surface area is 259 Å². The van der Waals surface area contributed by atoms with Crippen LogP contribution in [0, 0.1) is 0 Å². The zero-order valence-electron chi connectivity index (χ0n) is 26.1. The van der Waals surface area contributed by atoms with Crippen LogP contribution in [-0.2, 0) is 11.3 Å². The zero-order valence-corrected chi connectivity index (χ0v) is 26.1. The molecule has 0 bridgehead atoms. The summed E-state index contributed by atoms with van der Waals surface area (Å²) in [7, 11) is 3.79. The minimum absolute atomic E-state index is 0.148. The molecule has 44 heavy (non-hydrogen) atoms. The molecule has 0 unspecified atom stereocenters. The Balaban J connectivity index is 1.23. The number of likely N-dealkylation sites (tertiary alicyclic amines) is 1. The number of carbonyl (C=O) groups excluding carboxylic acids is 2. The van der Waals surface area contributed by atoms with Crippen LogP contribution in [0.25, 0.3) is 10.9 Å². The fraction of sp³-hybridized carbons (Fsp3) is 0.371. The maximum atomic E-state index is 13.2. The Morgan fingerprint density at radius 3 is 2.34 bits per heavy atom. The molecule has 0 radical (unpaired) electrons. The molecule has 3 aromatic carbocycles. The minimum atomic E-state index is -0.224. The van der Waals surface area contributed by atoms with Crippen LogP contribution >= 0.6 is 0 Å². The van der Waals surface area contributed by atoms with E-state index in [2.05, 4.69) is 64.6 Å². The van der Waals surface area contributed by atoms with Crippen molar-refractivity contribution in [2.75, 3.05) is 37.9 Å². The maximum absolute atomic E-state index is 13.2. The van der Waals surface area contributed by atoms with Crippen LogP contribution in [0.5, 0.6) is 11.5 Å². The molecule has 1 saturated heterocycles. The highest BCUT2D eigenvalue weighted by Crippen LogP contribution is 2.31. The smallest absolute Gasteiger partial charge is 0.319 e. The molecule has 0 aliphatic carbocycles. The van der Waals surface area contributed by atoms with Crippen molar-refractivity contribution >= 4 is 34.2 Å². The van der Waals surface area contributed by atoms with Crippen molar-refractivity contribution in [1.82, 2.24) is 14.8 Å². The van der Waals surface area contributed by atoms with Crippen molar-refractivity contribution in [2.45, 2.75) is 58.2 Å². The first-order valence-corrected chi connectivity index (χ1v) is 15.4. The maximum Gasteiger partial charge on any atom is 0.319 e. The second-order valence-electron chi connectivity index (χ2n) is 11.5. The summed E-state index contributed by atoms with van der Waals surface area (Å²) in [5.41, 5.74) is 3.89. The van der Waals surface area contributed by atoms with Crippen LogP contribution < -0.4 is 20.7 Å². The molecule has 0 atom stereocenters. The molecule has 1 fully saturated rings. The van der Waals surface area contributed by atoms with E-state index in [1.54, 1.807) is 31.4 Å². The second-order valence-corrected chi connectivity index (χ2v) is 11.5. The van der Waals surface area contributed by atoms with Gasteiger partial charge in [-0.1, -0.05) is 13.8 Å². The van der Waals surface area contributed by atoms with Gasteiger partial charge in [0.2, 0.25) is 0 Å². The molecule has 3 amide bonds. The van der Waals surface area contributed by atoms with E-state index in [1.807, 2.05) is 30.3 Å². The molecule has 232 valence electrons. The van der Waals surface area contributed by atoms with Gasteiger partial charge in [-0.15, -0.1) is 0 Å². The molecule has 9 heteroatoms. The Kier molecular flexibility index (Phi) is 10.2. The van der Waals surface area contributed by atoms with E-state index < -0.39 is 0 Å². The summed E-state index contributed by atoms with van der Waals surface area (Å²) in [4.78, 5) is 27.9. The van der Waals surface area contributed by atoms with Gasteiger partial charge >= 0.3 is 6.03 Å². The number of carbonyl (C=O) groups is 2. The highest BCUT2D eigenvalue weighted by molar-refractivity contribution is 6.06. The van der Waals surface area contributed by atoms with Gasteiger partial charge < -0.3 is 34.9 Å². The Morgan fingerprint density at radius 2 is 1.64 bits per heavy atom. The summed E-state index contributed by atoms with van der Waals surface area (Å²) in [5.74, 6) is 1.06. The van der Waals surface area contributed by atoms with Crippen molar-refractivity contribution in [3.05, 3.63) is 84.1 Å². The lowest BCUT2D eigenvalue weighted by molar-refractivity contribution is 0.102. The Morgan fingerprint density at radius 1 is 0.909 bits per heavy atom. The molecular weight excluding hydrogens is 554 g/mol. The molecule has 1 aliphatic heterocycles. The first-order chi connectivity index (χ1) is 21.4. The number of benzene rings is 3. The van der Waals surface area contributed by atoms with Gasteiger partial charge in [0.15, 0.2) is 0 Å². The predicted octanol–water partition coefficient (Wildman–Crippen LogP) is 7.41. The lowest BCUT2D eigenvalue weighted by Gasteiger charge is -2.30. The predicted molar refractivity (Wildman–Crippen MR) is 176 cm³/mol. The van der Waals surface area contributed by atoms with Gasteiger partial charge in [0, 0.05) is 58.8 Å². The standard InChI is InChI=1S/C35H43N5O4/c1-5-27(6-2)37-35(42)38-28-8-11-31(12-9-28)44-33-14-10-29(22-26(33)23-43-4)36-34(41)25-7-13-32-24(21-25)15-20-40(32)30-16-18-39(3)19-17-30/h7-15,20-22,27,30H,5-6,16-19,23H2,1-4H3,(H,36,41)(H2,37,38,42). The number of urea groups is 1. The van der Waals surface area contributed by atoms with Gasteiger partial charge in [0.1, 0.15) is 11.5 Å². The highest BCUT2D eigenvalue weighted by Gasteiger charge is 2.20. The lowest BCUT2D eigenvalue weighted by Crippen LogP contribution is -2.37. The first-order valence-electron chi connectivity index (χ1n) is 15.4. The lowest BCUT2D eigenvalue weighted by atomic mass is 10.0. The van der Waals surface area contributed by atoms with E-state index in [-0.39, 0.29) is 18.0 Å². The number of amides is 3. The average molecular weight is 598 g/mol. The Hall–Kier alpha value is -4.34. The number of nitrogens with zero attached hydrogens (tertiary/aromatic N) is 2. The third-order valence-electron chi connectivity index (χ3n) is 8.34. The van der Waals surface area contributed by atoms with Gasteiger partial charge in [0.25, 0.3) is 5.91 Å². The van der Waals surface area contributed by atoms with Crippen LogP contribution in [-0.4, -0.2) is 54.7 Å². The number of fused-ring (bicyclic) bond motifs is 1. The van der Waals surface area contributed by atoms with Crippen LogP contribution in [0.1, 0.15) is 61.5 Å². The number of rotatable bonds is 11. The molecule has 3 N–H and O–H groups in total. The number of nitrogens with one attached hydrogen (secondary N) is 3. The molecule has 1 aliphatic rings. The fourth-order valence-electron chi connectivity index (χ4n) is 5.70. The van der Waals surface area contributed by atoms with E-state index in [9.17, 15) is 9.59 Å². The monoisotopic (exact) mass is 597 g/mol. The van der Waals surface area contributed by atoms with Crippen molar-refractivity contribution in [3.8, 4) is 11.5 Å². The normalized spacial score (nSPS) is 14.1. The zero-order chi connectivity index (χ0) is 31.1. The first kappa shape index (κ1) is 31.1. The van der Waals surface area contributed by atoms with Crippen LogP contribution in [0.2, 0.25) is 0 Å². The van der Waals surface area contributed by atoms with Gasteiger partial charge in [-0.05, 0) is 113 Å². The van der Waals surface area contributed by atoms with Crippen LogP contribution in [0.4, 0.5) is 16.2 Å². The Bertz CT molecular complexity index is 1570. The SMILES string of the molecule is CCC(CC)NC(=O)Nc1ccc(Oc2ccc(NC(=O)c3ccc4c(ccn4C4CCN(C)CC4)c3)cc2COC)cc1. The number of hydrogen-bond acceptors (Lipinski definition) is 5. The molecule has 9 nitrogen and oxygen atoms in total. The summed E-state index contributed by atoms with van der Waals surface area (Å²) in [6.07, 6.45) is 6.17. The van der Waals surface area contributed by atoms with E-state index in [1.165, 1.54) is 0 Å². The fourth-order valence-corrected chi connectivity index (χ4v) is 5.70. The number of ether oxygens (including phenoxy) is 2. The van der Waals surface area contributed by atoms with Gasteiger partial charge in [0.05, 0.1) is 6.61 Å². The van der Waals surface area contributed by atoms with Gasteiger partial charge in [-0.3, -0.25) is 4.79 Å². The summed E-state index contributed by atoms with van der Waals surface area (Å²) < 4.78 is 13.9. The minimum Gasteiger partial charge on any atom is -0.457 e. The molecule has 5 rings (SSSR count). The van der Waals surface area contributed by atoms with Gasteiger partial charge in [-0.25, -0.2) is 4.79 Å². The van der Waals surface area contributed by atoms with Crippen molar-refractivity contribution in [2.24, 2.45) is 0 Å². The molecule has 1 aromatic heterocycles. The van der Waals surface area contributed by atoms with Crippen molar-refractivity contribution < 1.29 is 19.1 Å². The van der Waals surface area contributed by atoms with E-state index >= 15 is 0 Å². The summed E-state index contributed by atoms with van der Waals surface area (Å²) >= 11 is 0. The number of anilines is 2. The van der Waals surface area contributed by atoms with E-state index in [0.29, 0.717) is 41.1 Å². The number of hydrogen-bond donors (Lipinski definition) is 3. The van der Waals surface area contributed by atoms with Crippen molar-refractivity contribution in [3.63, 3.8) is 0 Å². The summed E-state index contributed by atoms with van der Waals surface area (Å²) in [5, 5.41) is 9.92. The third kappa shape index (κ3) is 7.59. The average Bonchev–Trinajstić information content (AvgIpc) is 3.46. The third-order valence-corrected chi connectivity index (χ3v) is 8.34. The number of piperidine rings is 1. The topological polar surface area (TPSA) is 96.9 Å². The van der Waals surface area contributed by atoms with Crippen LogP contribution in [0.15, 0.2) is 72.9 Å². The van der Waals surface area contributed by atoms with E-state index in [4.69, 9.17) is 9.47 Å². The van der Waals surface area contributed by atoms with Crippen molar-refractivity contribution in [1.29, 1.82) is 0 Å². The largest absolute Gasteiger partial charge is 0.457 e. The quantitative estimate of drug-likeness (QED) is 0.167. The number of methoxy groups -OCH3 is 1. The van der Waals surface area contributed by atoms with Crippen LogP contribution in [0.3, 0.4) is 0 Å². The van der Waals surface area contributed by atoms with Gasteiger partial charge in [-0.2, -0.15) is 0 Å². The summed E-state index contributed by atoms with van der Waals surface area (Å²) in [6.45, 7) is 6.61. The molecular formula is C35H43N5O4. The van der Waals surface area contributed by atoms with E-state index in [0.717, 1.165) is 55.2 Å². The number of aromatic nitrogens is 1. The molecule has 0 spiro atoms. The second kappa shape index (κ2) is 14.4. The summed E-state index contributed by atoms with van der Waals surface area (Å²) in [6, 6.07) is 21.1. The molecule has 4 aromatic rings.